The topological polar surface area (TPSA) is 54.2 Å². The normalized spacial score (nSPS) is 13.1. The third kappa shape index (κ3) is 3.72. The molecule has 0 atom stereocenters. The lowest BCUT2D eigenvalue weighted by Gasteiger charge is -2.29. The number of fused-ring (bicyclic) bond motifs is 1. The van der Waals surface area contributed by atoms with Gasteiger partial charge in [-0.15, -0.1) is 0 Å². The number of rotatable bonds is 4. The number of nitrogens with zero attached hydrogens (tertiary/aromatic N) is 2. The Balaban J connectivity index is 1.65. The number of hydrogen-bond donors (Lipinski definition) is 2. The summed E-state index contributed by atoms with van der Waals surface area (Å²) in [4.78, 5) is 6.74. The first-order valence-electron chi connectivity index (χ1n) is 8.97. The van der Waals surface area contributed by atoms with Crippen LogP contribution in [-0.4, -0.2) is 18.6 Å². The number of benzene rings is 2. The van der Waals surface area contributed by atoms with E-state index in [1.807, 2.05) is 54.7 Å². The van der Waals surface area contributed by atoms with E-state index in [0.29, 0.717) is 23.1 Å². The molecule has 0 aliphatic carbocycles. The molecule has 0 spiro atoms. The minimum Gasteiger partial charge on any atom is -0.370 e. The van der Waals surface area contributed by atoms with Gasteiger partial charge in [0.1, 0.15) is 5.82 Å². The van der Waals surface area contributed by atoms with E-state index < -0.39 is 0 Å². The van der Waals surface area contributed by atoms with Crippen LogP contribution in [0.5, 0.6) is 0 Å². The number of aromatic nitrogens is 1. The summed E-state index contributed by atoms with van der Waals surface area (Å²) < 4.78 is 0. The van der Waals surface area contributed by atoms with Gasteiger partial charge in [-0.3, -0.25) is 0 Å². The Kier molecular flexibility index (Phi) is 5.27. The van der Waals surface area contributed by atoms with Crippen LogP contribution in [0.1, 0.15) is 16.7 Å². The van der Waals surface area contributed by atoms with Crippen LogP contribution in [0.4, 0.5) is 17.2 Å². The Morgan fingerprint density at radius 1 is 1.11 bits per heavy atom. The van der Waals surface area contributed by atoms with Crippen molar-refractivity contribution in [1.82, 2.24) is 4.98 Å². The minimum absolute atomic E-state index is 0.534. The average molecular weight is 411 g/mol. The molecular formula is C22H20Cl2N4. The number of anilines is 3. The maximum absolute atomic E-state index is 6.40. The van der Waals surface area contributed by atoms with Crippen LogP contribution in [-0.2, 0) is 6.54 Å². The number of nitrogens with two attached hydrogens (primary N) is 1. The van der Waals surface area contributed by atoms with Crippen molar-refractivity contribution in [3.63, 3.8) is 0 Å². The Labute approximate surface area is 174 Å². The van der Waals surface area contributed by atoms with Crippen LogP contribution >= 0.6 is 23.2 Å². The van der Waals surface area contributed by atoms with Crippen molar-refractivity contribution in [2.24, 2.45) is 5.73 Å². The predicted molar refractivity (Wildman–Crippen MR) is 119 cm³/mol. The van der Waals surface area contributed by atoms with Gasteiger partial charge in [0.25, 0.3) is 0 Å². The Morgan fingerprint density at radius 3 is 2.50 bits per heavy atom. The van der Waals surface area contributed by atoms with Crippen molar-refractivity contribution in [2.75, 3.05) is 23.8 Å². The van der Waals surface area contributed by atoms with Gasteiger partial charge in [-0.1, -0.05) is 41.4 Å². The summed E-state index contributed by atoms with van der Waals surface area (Å²) in [5.74, 6) is 0.790. The van der Waals surface area contributed by atoms with E-state index in [1.165, 1.54) is 0 Å². The first kappa shape index (κ1) is 18.8. The number of likely N-dealkylation sites (N-methyl/N-ethyl adjacent to an activating group) is 1. The molecule has 0 radical (unpaired) electrons. The Hall–Kier alpha value is -2.53. The van der Waals surface area contributed by atoms with Crippen molar-refractivity contribution >= 4 is 52.0 Å². The molecule has 0 saturated carbocycles. The summed E-state index contributed by atoms with van der Waals surface area (Å²) in [5.41, 5.74) is 11.8. The fourth-order valence-corrected chi connectivity index (χ4v) is 4.01. The van der Waals surface area contributed by atoms with E-state index in [0.717, 1.165) is 39.5 Å². The molecule has 3 N–H and O–H groups in total. The lowest BCUT2D eigenvalue weighted by Crippen LogP contribution is -2.24. The third-order valence-electron chi connectivity index (χ3n) is 4.81. The van der Waals surface area contributed by atoms with Crippen LogP contribution < -0.4 is 16.0 Å². The molecule has 0 amide bonds. The van der Waals surface area contributed by atoms with Crippen molar-refractivity contribution < 1.29 is 0 Å². The smallest absolute Gasteiger partial charge is 0.132 e. The van der Waals surface area contributed by atoms with Crippen LogP contribution in [0.2, 0.25) is 10.0 Å². The fourth-order valence-electron chi connectivity index (χ4n) is 3.37. The molecule has 1 aromatic heterocycles. The van der Waals surface area contributed by atoms with Gasteiger partial charge in [-0.2, -0.15) is 0 Å². The summed E-state index contributed by atoms with van der Waals surface area (Å²) in [6.45, 7) is 1.25. The first-order chi connectivity index (χ1) is 13.5. The van der Waals surface area contributed by atoms with Gasteiger partial charge in [0.15, 0.2) is 0 Å². The van der Waals surface area contributed by atoms with Crippen LogP contribution in [0.3, 0.4) is 0 Å². The highest BCUT2D eigenvalue weighted by Crippen LogP contribution is 2.38. The van der Waals surface area contributed by atoms with E-state index in [2.05, 4.69) is 28.3 Å². The SMILES string of the molecule is CN1CC(c2c(Cl)cccc2Cl)=Cc2cnc(Nc3ccc(CN)cc3)cc21. The minimum atomic E-state index is 0.534. The second kappa shape index (κ2) is 7.84. The number of nitrogens with one attached hydrogen (secondary N) is 1. The van der Waals surface area contributed by atoms with Gasteiger partial charge in [0, 0.05) is 64.9 Å². The molecule has 0 saturated heterocycles. The maximum Gasteiger partial charge on any atom is 0.132 e. The standard InChI is InChI=1S/C22H20Cl2N4/c1-28-13-16(22-18(23)3-2-4-19(22)24)9-15-12-26-21(10-20(15)28)27-17-7-5-14(11-25)6-8-17/h2-10,12H,11,13,25H2,1H3,(H,26,27). The van der Waals surface area contributed by atoms with Gasteiger partial charge in [0.2, 0.25) is 0 Å². The highest BCUT2D eigenvalue weighted by molar-refractivity contribution is 6.38. The van der Waals surface area contributed by atoms with Crippen LogP contribution in [0.15, 0.2) is 54.7 Å². The zero-order valence-corrected chi connectivity index (χ0v) is 16.9. The predicted octanol–water partition coefficient (Wildman–Crippen LogP) is 5.58. The van der Waals surface area contributed by atoms with Gasteiger partial charge < -0.3 is 16.0 Å². The van der Waals surface area contributed by atoms with Crippen LogP contribution in [0.25, 0.3) is 11.6 Å². The zero-order valence-electron chi connectivity index (χ0n) is 15.4. The lowest BCUT2D eigenvalue weighted by atomic mass is 9.98. The van der Waals surface area contributed by atoms with Gasteiger partial charge >= 0.3 is 0 Å². The highest BCUT2D eigenvalue weighted by Gasteiger charge is 2.20. The van der Waals surface area contributed by atoms with Gasteiger partial charge in [0.05, 0.1) is 0 Å². The summed E-state index contributed by atoms with van der Waals surface area (Å²) in [6, 6.07) is 15.7. The van der Waals surface area contributed by atoms with Crippen molar-refractivity contribution in [2.45, 2.75) is 6.54 Å². The largest absolute Gasteiger partial charge is 0.370 e. The molecule has 142 valence electrons. The second-order valence-corrected chi connectivity index (χ2v) is 7.59. The van der Waals surface area contributed by atoms with Crippen molar-refractivity contribution in [3.8, 4) is 0 Å². The summed E-state index contributed by atoms with van der Waals surface area (Å²) >= 11 is 12.8. The fraction of sp³-hybridized carbons (Fsp3) is 0.136. The van der Waals surface area contributed by atoms with E-state index in [1.54, 1.807) is 0 Å². The average Bonchev–Trinajstić information content (AvgIpc) is 2.69. The molecule has 6 heteroatoms. The molecule has 4 rings (SSSR count). The third-order valence-corrected chi connectivity index (χ3v) is 5.44. The zero-order chi connectivity index (χ0) is 19.7. The van der Waals surface area contributed by atoms with E-state index >= 15 is 0 Å². The van der Waals surface area contributed by atoms with E-state index in [-0.39, 0.29) is 0 Å². The monoisotopic (exact) mass is 410 g/mol. The van der Waals surface area contributed by atoms with Crippen LogP contribution in [0, 0.1) is 0 Å². The Morgan fingerprint density at radius 2 is 1.82 bits per heavy atom. The number of pyridine rings is 1. The molecule has 1 aliphatic rings. The van der Waals surface area contributed by atoms with Crippen molar-refractivity contribution in [1.29, 1.82) is 0 Å². The molecule has 2 aromatic carbocycles. The highest BCUT2D eigenvalue weighted by atomic mass is 35.5. The summed E-state index contributed by atoms with van der Waals surface area (Å²) in [5, 5.41) is 4.66. The molecule has 0 bridgehead atoms. The molecule has 1 aliphatic heterocycles. The lowest BCUT2D eigenvalue weighted by molar-refractivity contribution is 1.02. The first-order valence-corrected chi connectivity index (χ1v) is 9.73. The molecule has 3 aromatic rings. The summed E-state index contributed by atoms with van der Waals surface area (Å²) in [7, 11) is 2.05. The molecule has 28 heavy (non-hydrogen) atoms. The quantitative estimate of drug-likeness (QED) is 0.589. The molecular weight excluding hydrogens is 391 g/mol. The maximum atomic E-state index is 6.40. The summed E-state index contributed by atoms with van der Waals surface area (Å²) in [6.07, 6.45) is 3.97. The van der Waals surface area contributed by atoms with E-state index in [4.69, 9.17) is 28.9 Å². The van der Waals surface area contributed by atoms with Gasteiger partial charge in [-0.05, 0) is 41.5 Å². The number of hydrogen-bond acceptors (Lipinski definition) is 4. The number of halogens is 2. The van der Waals surface area contributed by atoms with E-state index in [9.17, 15) is 0 Å². The molecule has 0 unspecified atom stereocenters. The van der Waals surface area contributed by atoms with Gasteiger partial charge in [-0.25, -0.2) is 4.98 Å². The van der Waals surface area contributed by atoms with Crippen molar-refractivity contribution in [3.05, 3.63) is 81.5 Å². The second-order valence-electron chi connectivity index (χ2n) is 6.78. The molecule has 2 heterocycles. The Bertz CT molecular complexity index is 1020. The molecule has 0 fully saturated rings. The molecule has 4 nitrogen and oxygen atoms in total.